The van der Waals surface area contributed by atoms with E-state index in [1.54, 1.807) is 25.1 Å². The Bertz CT molecular complexity index is 912. The zero-order valence-electron chi connectivity index (χ0n) is 16.8. The predicted molar refractivity (Wildman–Crippen MR) is 112 cm³/mol. The Morgan fingerprint density at radius 3 is 2.46 bits per heavy atom. The first-order valence-corrected chi connectivity index (χ1v) is 11.2. The van der Waals surface area contributed by atoms with E-state index in [9.17, 15) is 13.2 Å². The van der Waals surface area contributed by atoms with Gasteiger partial charge in [0.15, 0.2) is 0 Å². The highest BCUT2D eigenvalue weighted by Gasteiger charge is 2.31. The maximum Gasteiger partial charge on any atom is 0.244 e. The molecule has 0 spiro atoms. The van der Waals surface area contributed by atoms with Crippen LogP contribution in [0.2, 0.25) is 0 Å². The summed E-state index contributed by atoms with van der Waals surface area (Å²) in [4.78, 5) is 12.9. The van der Waals surface area contributed by atoms with Crippen molar-refractivity contribution in [3.8, 4) is 5.75 Å². The number of rotatable bonds is 9. The molecule has 2 aromatic rings. The molecule has 152 valence electrons. The van der Waals surface area contributed by atoms with Gasteiger partial charge in [-0.05, 0) is 44.0 Å². The van der Waals surface area contributed by atoms with E-state index < -0.39 is 16.1 Å². The number of sulfonamides is 1. The van der Waals surface area contributed by atoms with Crippen molar-refractivity contribution in [3.05, 3.63) is 59.7 Å². The van der Waals surface area contributed by atoms with Crippen molar-refractivity contribution in [1.82, 2.24) is 5.32 Å². The minimum Gasteiger partial charge on any atom is -0.494 e. The van der Waals surface area contributed by atoms with E-state index in [2.05, 4.69) is 5.32 Å². The Balaban J connectivity index is 2.25. The molecule has 0 fully saturated rings. The van der Waals surface area contributed by atoms with Gasteiger partial charge in [0.25, 0.3) is 0 Å². The lowest BCUT2D eigenvalue weighted by atomic mass is 10.1. The van der Waals surface area contributed by atoms with Crippen LogP contribution in [-0.2, 0) is 21.4 Å². The van der Waals surface area contributed by atoms with E-state index in [4.69, 9.17) is 4.74 Å². The minimum atomic E-state index is -3.64. The number of nitrogens with one attached hydrogen (secondary N) is 1. The van der Waals surface area contributed by atoms with Crippen LogP contribution in [0.5, 0.6) is 5.75 Å². The molecule has 0 unspecified atom stereocenters. The van der Waals surface area contributed by atoms with Gasteiger partial charge in [-0.2, -0.15) is 0 Å². The molecule has 0 aliphatic heterocycles. The largest absolute Gasteiger partial charge is 0.494 e. The van der Waals surface area contributed by atoms with Crippen LogP contribution in [0.25, 0.3) is 0 Å². The fourth-order valence-corrected chi connectivity index (χ4v) is 4.28. The van der Waals surface area contributed by atoms with Crippen molar-refractivity contribution in [1.29, 1.82) is 0 Å². The fraction of sp³-hybridized carbons (Fsp3) is 0.381. The molecule has 1 N–H and O–H groups in total. The number of carbonyl (C=O) groups excluding carboxylic acids is 1. The lowest BCUT2D eigenvalue weighted by molar-refractivity contribution is -0.122. The second-order valence-corrected chi connectivity index (χ2v) is 8.44. The average Bonchev–Trinajstić information content (AvgIpc) is 2.64. The minimum absolute atomic E-state index is 0.261. The van der Waals surface area contributed by atoms with E-state index in [-0.39, 0.29) is 12.5 Å². The Morgan fingerprint density at radius 2 is 1.86 bits per heavy atom. The summed E-state index contributed by atoms with van der Waals surface area (Å²) >= 11 is 0. The molecular formula is C21H28N2O4S. The summed E-state index contributed by atoms with van der Waals surface area (Å²) in [7, 11) is -3.64. The summed E-state index contributed by atoms with van der Waals surface area (Å²) in [5.41, 5.74) is 2.25. The molecule has 0 aliphatic carbocycles. The number of ether oxygens (including phenoxy) is 1. The Morgan fingerprint density at radius 1 is 1.14 bits per heavy atom. The third kappa shape index (κ3) is 5.48. The molecule has 0 bridgehead atoms. The van der Waals surface area contributed by atoms with E-state index in [0.29, 0.717) is 24.5 Å². The Kier molecular flexibility index (Phi) is 7.45. The topological polar surface area (TPSA) is 75.7 Å². The lowest BCUT2D eigenvalue weighted by Crippen LogP contribution is -2.49. The number of aryl methyl sites for hydroxylation is 1. The number of benzene rings is 2. The van der Waals surface area contributed by atoms with E-state index in [0.717, 1.165) is 17.4 Å². The molecule has 0 saturated heterocycles. The van der Waals surface area contributed by atoms with Crippen molar-refractivity contribution in [2.75, 3.05) is 17.2 Å². The summed E-state index contributed by atoms with van der Waals surface area (Å²) in [5.74, 6) is 0.359. The van der Waals surface area contributed by atoms with Gasteiger partial charge in [0, 0.05) is 12.1 Å². The standard InChI is InChI=1S/C21H28N2O4S/c1-5-19(23(28(4,25)26)18-12-9-10-16(3)14-18)21(24)22-15-17-11-7-8-13-20(17)27-6-2/h7-14,19H,5-6,15H2,1-4H3,(H,22,24)/t19-/m0/s1. The van der Waals surface area contributed by atoms with Crippen molar-refractivity contribution >= 4 is 21.6 Å². The fourth-order valence-electron chi connectivity index (χ4n) is 3.07. The number of carbonyl (C=O) groups is 1. The van der Waals surface area contributed by atoms with Crippen LogP contribution in [0.3, 0.4) is 0 Å². The van der Waals surface area contributed by atoms with Crippen LogP contribution in [0.4, 0.5) is 5.69 Å². The maximum absolute atomic E-state index is 12.9. The van der Waals surface area contributed by atoms with Gasteiger partial charge in [-0.15, -0.1) is 0 Å². The molecule has 1 amide bonds. The van der Waals surface area contributed by atoms with Crippen LogP contribution in [-0.4, -0.2) is 33.2 Å². The molecule has 0 aliphatic rings. The number of para-hydroxylation sites is 1. The van der Waals surface area contributed by atoms with Gasteiger partial charge in [0.05, 0.1) is 18.6 Å². The van der Waals surface area contributed by atoms with Gasteiger partial charge in [0.2, 0.25) is 15.9 Å². The molecule has 2 rings (SSSR count). The van der Waals surface area contributed by atoms with Crippen molar-refractivity contribution < 1.29 is 17.9 Å². The first-order chi connectivity index (χ1) is 13.3. The monoisotopic (exact) mass is 404 g/mol. The third-order valence-electron chi connectivity index (χ3n) is 4.31. The summed E-state index contributed by atoms with van der Waals surface area (Å²) in [6.45, 7) is 6.37. The van der Waals surface area contributed by atoms with Gasteiger partial charge in [0.1, 0.15) is 11.8 Å². The number of anilines is 1. The SMILES string of the molecule is CCOc1ccccc1CNC(=O)[C@H](CC)N(c1cccc(C)c1)S(C)(=O)=O. The zero-order chi connectivity index (χ0) is 20.7. The first kappa shape index (κ1) is 21.8. The summed E-state index contributed by atoms with van der Waals surface area (Å²) in [6, 6.07) is 13.8. The summed E-state index contributed by atoms with van der Waals surface area (Å²) < 4.78 is 31.8. The van der Waals surface area contributed by atoms with Crippen LogP contribution in [0.15, 0.2) is 48.5 Å². The van der Waals surface area contributed by atoms with E-state index >= 15 is 0 Å². The highest BCUT2D eigenvalue weighted by molar-refractivity contribution is 7.92. The van der Waals surface area contributed by atoms with E-state index in [1.807, 2.05) is 44.2 Å². The highest BCUT2D eigenvalue weighted by atomic mass is 32.2. The molecule has 7 heteroatoms. The van der Waals surface area contributed by atoms with Gasteiger partial charge >= 0.3 is 0 Å². The molecule has 0 radical (unpaired) electrons. The van der Waals surface area contributed by atoms with Gasteiger partial charge in [-0.1, -0.05) is 37.3 Å². The van der Waals surface area contributed by atoms with E-state index in [1.165, 1.54) is 4.31 Å². The molecule has 1 atom stereocenters. The molecular weight excluding hydrogens is 376 g/mol. The second-order valence-electron chi connectivity index (χ2n) is 6.58. The maximum atomic E-state index is 12.9. The van der Waals surface area contributed by atoms with Gasteiger partial charge in [-0.25, -0.2) is 8.42 Å². The quantitative estimate of drug-likeness (QED) is 0.696. The highest BCUT2D eigenvalue weighted by Crippen LogP contribution is 2.24. The zero-order valence-corrected chi connectivity index (χ0v) is 17.6. The Hall–Kier alpha value is -2.54. The van der Waals surface area contributed by atoms with Gasteiger partial charge < -0.3 is 10.1 Å². The number of amides is 1. The molecule has 0 heterocycles. The normalized spacial score (nSPS) is 12.3. The molecule has 6 nitrogen and oxygen atoms in total. The van der Waals surface area contributed by atoms with Crippen molar-refractivity contribution in [3.63, 3.8) is 0 Å². The number of hydrogen-bond acceptors (Lipinski definition) is 4. The summed E-state index contributed by atoms with van der Waals surface area (Å²) in [5, 5.41) is 2.86. The Labute approximate surface area is 167 Å². The third-order valence-corrected chi connectivity index (χ3v) is 5.49. The van der Waals surface area contributed by atoms with Gasteiger partial charge in [-0.3, -0.25) is 9.10 Å². The second kappa shape index (κ2) is 9.59. The molecule has 0 saturated carbocycles. The lowest BCUT2D eigenvalue weighted by Gasteiger charge is -2.30. The average molecular weight is 405 g/mol. The van der Waals surface area contributed by atoms with Crippen LogP contribution in [0, 0.1) is 6.92 Å². The molecule has 28 heavy (non-hydrogen) atoms. The predicted octanol–water partition coefficient (Wildman–Crippen LogP) is 3.25. The summed E-state index contributed by atoms with van der Waals surface area (Å²) in [6.07, 6.45) is 1.47. The van der Waals surface area contributed by atoms with Crippen LogP contribution >= 0.6 is 0 Å². The first-order valence-electron chi connectivity index (χ1n) is 9.32. The number of nitrogens with zero attached hydrogens (tertiary/aromatic N) is 1. The van der Waals surface area contributed by atoms with Crippen LogP contribution in [0.1, 0.15) is 31.4 Å². The van der Waals surface area contributed by atoms with Crippen molar-refractivity contribution in [2.45, 2.75) is 39.8 Å². The molecule has 2 aromatic carbocycles. The molecule has 0 aromatic heterocycles. The number of hydrogen-bond donors (Lipinski definition) is 1. The van der Waals surface area contributed by atoms with Crippen molar-refractivity contribution in [2.24, 2.45) is 0 Å². The van der Waals surface area contributed by atoms with Crippen LogP contribution < -0.4 is 14.4 Å². The smallest absolute Gasteiger partial charge is 0.244 e.